The highest BCUT2D eigenvalue weighted by Gasteiger charge is 2.32. The molecule has 0 bridgehead atoms. The molecule has 0 spiro atoms. The van der Waals surface area contributed by atoms with Crippen LogP contribution in [0.25, 0.3) is 0 Å². The molecule has 0 saturated heterocycles. The lowest BCUT2D eigenvalue weighted by Crippen LogP contribution is -2.40. The van der Waals surface area contributed by atoms with E-state index in [2.05, 4.69) is 35.9 Å². The minimum absolute atomic E-state index is 0.0510. The van der Waals surface area contributed by atoms with Crippen LogP contribution >= 0.6 is 0 Å². The molecule has 21 heavy (non-hydrogen) atoms. The van der Waals surface area contributed by atoms with Crippen molar-refractivity contribution in [1.29, 1.82) is 0 Å². The summed E-state index contributed by atoms with van der Waals surface area (Å²) in [5.74, 6) is 0.314. The first-order valence-electron chi connectivity index (χ1n) is 7.98. The van der Waals surface area contributed by atoms with E-state index >= 15 is 0 Å². The molecule has 0 heterocycles. The average Bonchev–Trinajstić information content (AvgIpc) is 2.89. The van der Waals surface area contributed by atoms with Crippen molar-refractivity contribution < 1.29 is 8.42 Å². The summed E-state index contributed by atoms with van der Waals surface area (Å²) in [4.78, 5) is 0. The van der Waals surface area contributed by atoms with E-state index < -0.39 is 10.0 Å². The van der Waals surface area contributed by atoms with Gasteiger partial charge in [-0.15, -0.1) is 0 Å². The van der Waals surface area contributed by atoms with Crippen molar-refractivity contribution in [2.24, 2.45) is 0 Å². The first-order chi connectivity index (χ1) is 9.90. The van der Waals surface area contributed by atoms with E-state index in [0.717, 1.165) is 19.3 Å². The van der Waals surface area contributed by atoms with E-state index in [1.807, 2.05) is 13.8 Å². The van der Waals surface area contributed by atoms with Gasteiger partial charge < -0.3 is 0 Å². The van der Waals surface area contributed by atoms with Crippen LogP contribution in [0.2, 0.25) is 0 Å². The third kappa shape index (κ3) is 4.82. The van der Waals surface area contributed by atoms with E-state index in [-0.39, 0.29) is 11.3 Å². The van der Waals surface area contributed by atoms with Gasteiger partial charge in [0.2, 0.25) is 10.0 Å². The van der Waals surface area contributed by atoms with Crippen LogP contribution in [-0.4, -0.2) is 19.7 Å². The molecule has 1 aliphatic carbocycles. The van der Waals surface area contributed by atoms with Crippen molar-refractivity contribution in [2.45, 2.75) is 71.1 Å². The van der Waals surface area contributed by atoms with Crippen LogP contribution in [0, 0.1) is 6.92 Å². The van der Waals surface area contributed by atoms with E-state index in [0.29, 0.717) is 5.92 Å². The van der Waals surface area contributed by atoms with Crippen LogP contribution in [0.3, 0.4) is 0 Å². The van der Waals surface area contributed by atoms with Gasteiger partial charge in [0, 0.05) is 12.0 Å². The summed E-state index contributed by atoms with van der Waals surface area (Å²) in [6.45, 7) is 9.51. The monoisotopic (exact) mass is 311 g/mol. The van der Waals surface area contributed by atoms with Crippen molar-refractivity contribution in [2.75, 3.05) is 0 Å². The Hall–Kier alpha value is -0.870. The lowest BCUT2D eigenvalue weighted by atomic mass is 9.94. The van der Waals surface area contributed by atoms with Gasteiger partial charge in [-0.3, -0.25) is 0 Å². The highest BCUT2D eigenvalue weighted by atomic mass is 32.2. The molecule has 1 fully saturated rings. The Morgan fingerprint density at radius 1 is 1.10 bits per heavy atom. The topological polar surface area (TPSA) is 46.2 Å². The van der Waals surface area contributed by atoms with Gasteiger partial charge in [0.15, 0.2) is 0 Å². The molecule has 120 valence electrons. The number of sulfonamides is 1. The van der Waals surface area contributed by atoms with Gasteiger partial charge in [-0.05, 0) is 39.2 Å². The fourth-order valence-electron chi connectivity index (χ4n) is 2.66. The molecule has 1 aliphatic rings. The Morgan fingerprint density at radius 3 is 2.19 bits per heavy atom. The Labute approximate surface area is 130 Å². The quantitative estimate of drug-likeness (QED) is 0.914. The molecule has 0 aliphatic heterocycles. The maximum absolute atomic E-state index is 12.0. The molecule has 1 N–H and O–H groups in total. The van der Waals surface area contributed by atoms with Crippen LogP contribution < -0.4 is 4.72 Å². The largest absolute Gasteiger partial charge is 0.214 e. The van der Waals surface area contributed by atoms with E-state index in [1.165, 1.54) is 11.1 Å². The van der Waals surface area contributed by atoms with Gasteiger partial charge in [-0.1, -0.05) is 50.1 Å². The Kier molecular flexibility index (Phi) is 6.88. The average molecular weight is 311 g/mol. The van der Waals surface area contributed by atoms with Gasteiger partial charge >= 0.3 is 0 Å². The minimum atomic E-state index is -3.18. The third-order valence-corrected chi connectivity index (χ3v) is 5.83. The predicted molar refractivity (Wildman–Crippen MR) is 90.1 cm³/mol. The number of aryl methyl sites for hydroxylation is 1. The number of rotatable bonds is 4. The smallest absolute Gasteiger partial charge is 0.212 e. The maximum Gasteiger partial charge on any atom is 0.214 e. The Balaban J connectivity index is 0.00000106. The summed E-state index contributed by atoms with van der Waals surface area (Å²) in [7, 11) is -3.18. The van der Waals surface area contributed by atoms with Gasteiger partial charge in [0.05, 0.1) is 5.25 Å². The lowest BCUT2D eigenvalue weighted by molar-refractivity contribution is 0.519. The number of nitrogens with one attached hydrogen (secondary N) is 1. The minimum Gasteiger partial charge on any atom is -0.212 e. The molecule has 4 heteroatoms. The summed E-state index contributed by atoms with van der Waals surface area (Å²) >= 11 is 0. The molecule has 0 radical (unpaired) electrons. The summed E-state index contributed by atoms with van der Waals surface area (Å²) in [5, 5.41) is -0.369. The highest BCUT2D eigenvalue weighted by molar-refractivity contribution is 7.90. The summed E-state index contributed by atoms with van der Waals surface area (Å²) in [6, 6.07) is 8.50. The number of hydrogen-bond acceptors (Lipinski definition) is 2. The van der Waals surface area contributed by atoms with Gasteiger partial charge in [0.25, 0.3) is 0 Å². The van der Waals surface area contributed by atoms with E-state index in [1.54, 1.807) is 13.8 Å². The van der Waals surface area contributed by atoms with Gasteiger partial charge in [0.1, 0.15) is 0 Å². The maximum atomic E-state index is 12.0. The van der Waals surface area contributed by atoms with E-state index in [4.69, 9.17) is 0 Å². The fraction of sp³-hybridized carbons (Fsp3) is 0.647. The summed E-state index contributed by atoms with van der Waals surface area (Å²) in [6.07, 6.45) is 3.09. The van der Waals surface area contributed by atoms with Gasteiger partial charge in [-0.2, -0.15) is 0 Å². The zero-order valence-corrected chi connectivity index (χ0v) is 14.7. The second-order valence-electron chi connectivity index (χ2n) is 5.77. The molecule has 0 amide bonds. The third-order valence-electron chi connectivity index (χ3n) is 3.96. The Morgan fingerprint density at radius 2 is 1.67 bits per heavy atom. The SMILES string of the molecule is CC.Cc1ccc(C2CCC[C@@H]2NS(=O)(=O)C(C)C)cc1. The zero-order chi connectivity index (χ0) is 16.0. The molecule has 1 unspecified atom stereocenters. The van der Waals surface area contributed by atoms with E-state index in [9.17, 15) is 8.42 Å². The first-order valence-corrected chi connectivity index (χ1v) is 9.52. The van der Waals surface area contributed by atoms with Crippen molar-refractivity contribution in [3.05, 3.63) is 35.4 Å². The van der Waals surface area contributed by atoms with Crippen molar-refractivity contribution in [3.63, 3.8) is 0 Å². The highest BCUT2D eigenvalue weighted by Crippen LogP contribution is 2.35. The molecule has 3 nitrogen and oxygen atoms in total. The number of benzene rings is 1. The summed E-state index contributed by atoms with van der Waals surface area (Å²) < 4.78 is 26.9. The number of hydrogen-bond donors (Lipinski definition) is 1. The van der Waals surface area contributed by atoms with Crippen molar-refractivity contribution in [3.8, 4) is 0 Å². The first kappa shape index (κ1) is 18.2. The Bertz CT molecular complexity index is 520. The van der Waals surface area contributed by atoms with Crippen LogP contribution in [0.5, 0.6) is 0 Å². The zero-order valence-electron chi connectivity index (χ0n) is 13.9. The lowest BCUT2D eigenvalue weighted by Gasteiger charge is -2.22. The van der Waals surface area contributed by atoms with Gasteiger partial charge in [-0.25, -0.2) is 13.1 Å². The standard InChI is InChI=1S/C15H23NO2S.C2H6/c1-11(2)19(17,18)16-15-6-4-5-14(15)13-9-7-12(3)8-10-13;1-2/h7-11,14-16H,4-6H2,1-3H3;1-2H3/t14?,15-;/m0./s1. The van der Waals surface area contributed by atoms with Crippen LogP contribution in [0.4, 0.5) is 0 Å². The molecule has 2 atom stereocenters. The van der Waals surface area contributed by atoms with Crippen LogP contribution in [0.1, 0.15) is 64.0 Å². The molecule has 0 aromatic heterocycles. The summed E-state index contributed by atoms with van der Waals surface area (Å²) in [5.41, 5.74) is 2.49. The molecule has 1 aromatic rings. The van der Waals surface area contributed by atoms with Crippen LogP contribution in [-0.2, 0) is 10.0 Å². The second-order valence-corrected chi connectivity index (χ2v) is 8.03. The molecule has 1 aromatic carbocycles. The molecular weight excluding hydrogens is 282 g/mol. The van der Waals surface area contributed by atoms with Crippen LogP contribution in [0.15, 0.2) is 24.3 Å². The molecule has 1 saturated carbocycles. The van der Waals surface area contributed by atoms with Crippen molar-refractivity contribution >= 4 is 10.0 Å². The predicted octanol–water partition coefficient (Wildman–Crippen LogP) is 3.99. The molecule has 2 rings (SSSR count). The normalized spacial score (nSPS) is 22.0. The second kappa shape index (κ2) is 7.95. The molecular formula is C17H29NO2S. The fourth-order valence-corrected chi connectivity index (χ4v) is 3.64. The van der Waals surface area contributed by atoms with Crippen molar-refractivity contribution in [1.82, 2.24) is 4.72 Å².